The highest BCUT2D eigenvalue weighted by Crippen LogP contribution is 2.14. The molecule has 0 aliphatic rings. The van der Waals surface area contributed by atoms with Crippen LogP contribution in [0.25, 0.3) is 0 Å². The topological polar surface area (TPSA) is 83.5 Å². The Morgan fingerprint density at radius 2 is 1.88 bits per heavy atom. The molecule has 1 rings (SSSR count). The maximum atomic E-state index is 11.4. The first-order valence-electron chi connectivity index (χ1n) is 5.08. The van der Waals surface area contributed by atoms with E-state index in [0.29, 0.717) is 0 Å². The van der Waals surface area contributed by atoms with Crippen molar-refractivity contribution in [2.24, 2.45) is 0 Å². The van der Waals surface area contributed by atoms with Crippen LogP contribution in [0.5, 0.6) is 0 Å². The van der Waals surface area contributed by atoms with E-state index in [2.05, 4.69) is 4.72 Å². The summed E-state index contributed by atoms with van der Waals surface area (Å²) in [6, 6.07) is 6.92. The number of hydrogen-bond donors (Lipinski definition) is 2. The van der Waals surface area contributed by atoms with Crippen molar-refractivity contribution < 1.29 is 18.3 Å². The standard InChI is InChI=1S/C11H15NO4S/c1-8-3-5-10(6-4-8)9(2)12-17(15,16)7-11(13)14/h3-6,9,12H,7H2,1-2H3,(H,13,14)/t9-/m1/s1. The Balaban J connectivity index is 2.75. The summed E-state index contributed by atoms with van der Waals surface area (Å²) in [5, 5.41) is 8.45. The molecule has 0 amide bonds. The lowest BCUT2D eigenvalue weighted by Crippen LogP contribution is -2.32. The first-order valence-corrected chi connectivity index (χ1v) is 6.74. The van der Waals surface area contributed by atoms with Crippen molar-refractivity contribution in [1.82, 2.24) is 4.72 Å². The Morgan fingerprint density at radius 1 is 1.35 bits per heavy atom. The summed E-state index contributed by atoms with van der Waals surface area (Å²) < 4.78 is 25.1. The third-order valence-corrected chi connectivity index (χ3v) is 3.59. The van der Waals surface area contributed by atoms with Crippen LogP contribution in [0.3, 0.4) is 0 Å². The highest BCUT2D eigenvalue weighted by molar-refractivity contribution is 7.90. The SMILES string of the molecule is Cc1ccc([C@@H](C)NS(=O)(=O)CC(=O)O)cc1. The summed E-state index contributed by atoms with van der Waals surface area (Å²) in [5.74, 6) is -2.28. The van der Waals surface area contributed by atoms with Gasteiger partial charge in [0, 0.05) is 6.04 Å². The largest absolute Gasteiger partial charge is 0.480 e. The first kappa shape index (κ1) is 13.7. The van der Waals surface area contributed by atoms with Gasteiger partial charge in [0.25, 0.3) is 0 Å². The fourth-order valence-corrected chi connectivity index (χ4v) is 2.48. The van der Waals surface area contributed by atoms with E-state index in [4.69, 9.17) is 5.11 Å². The fourth-order valence-electron chi connectivity index (χ4n) is 1.40. The third kappa shape index (κ3) is 4.54. The molecule has 0 aliphatic carbocycles. The minimum Gasteiger partial charge on any atom is -0.480 e. The van der Waals surface area contributed by atoms with Gasteiger partial charge in [0.05, 0.1) is 0 Å². The van der Waals surface area contributed by atoms with Crippen LogP contribution in [0.15, 0.2) is 24.3 Å². The van der Waals surface area contributed by atoms with Gasteiger partial charge in [-0.1, -0.05) is 29.8 Å². The zero-order valence-electron chi connectivity index (χ0n) is 9.67. The van der Waals surface area contributed by atoms with Gasteiger partial charge in [-0.15, -0.1) is 0 Å². The molecule has 17 heavy (non-hydrogen) atoms. The molecule has 2 N–H and O–H groups in total. The number of hydrogen-bond acceptors (Lipinski definition) is 3. The number of carbonyl (C=O) groups is 1. The number of carboxylic acids is 1. The van der Waals surface area contributed by atoms with E-state index < -0.39 is 27.8 Å². The summed E-state index contributed by atoms with van der Waals surface area (Å²) in [6.07, 6.45) is 0. The summed E-state index contributed by atoms with van der Waals surface area (Å²) in [6.45, 7) is 3.60. The molecule has 5 nitrogen and oxygen atoms in total. The summed E-state index contributed by atoms with van der Waals surface area (Å²) >= 11 is 0. The minimum atomic E-state index is -3.79. The molecule has 0 radical (unpaired) electrons. The number of sulfonamides is 1. The van der Waals surface area contributed by atoms with Gasteiger partial charge in [-0.3, -0.25) is 4.79 Å². The summed E-state index contributed by atoms with van der Waals surface area (Å²) in [5.41, 5.74) is 1.87. The molecule has 0 aliphatic heterocycles. The minimum absolute atomic E-state index is 0.444. The van der Waals surface area contributed by atoms with Gasteiger partial charge in [-0.25, -0.2) is 13.1 Å². The average Bonchev–Trinajstić information content (AvgIpc) is 2.15. The molecule has 0 saturated heterocycles. The van der Waals surface area contributed by atoms with E-state index >= 15 is 0 Å². The van der Waals surface area contributed by atoms with Crippen LogP contribution in [0.2, 0.25) is 0 Å². The van der Waals surface area contributed by atoms with E-state index in [1.807, 2.05) is 31.2 Å². The molecular formula is C11H15NO4S. The quantitative estimate of drug-likeness (QED) is 0.826. The number of carboxylic acid groups (broad SMARTS) is 1. The number of aryl methyl sites for hydroxylation is 1. The van der Waals surface area contributed by atoms with E-state index in [1.165, 1.54) is 0 Å². The van der Waals surface area contributed by atoms with Crippen molar-refractivity contribution in [3.8, 4) is 0 Å². The zero-order chi connectivity index (χ0) is 13.1. The van der Waals surface area contributed by atoms with Crippen LogP contribution in [0, 0.1) is 6.92 Å². The van der Waals surface area contributed by atoms with Gasteiger partial charge in [-0.05, 0) is 19.4 Å². The van der Waals surface area contributed by atoms with Crippen LogP contribution < -0.4 is 4.72 Å². The van der Waals surface area contributed by atoms with Crippen molar-refractivity contribution >= 4 is 16.0 Å². The Morgan fingerprint density at radius 3 is 2.35 bits per heavy atom. The lowest BCUT2D eigenvalue weighted by atomic mass is 10.1. The predicted molar refractivity (Wildman–Crippen MR) is 64.2 cm³/mol. The van der Waals surface area contributed by atoms with Crippen molar-refractivity contribution in [2.45, 2.75) is 19.9 Å². The van der Waals surface area contributed by atoms with Crippen LogP contribution >= 0.6 is 0 Å². The zero-order valence-corrected chi connectivity index (χ0v) is 10.5. The van der Waals surface area contributed by atoms with Crippen molar-refractivity contribution in [3.05, 3.63) is 35.4 Å². The number of aliphatic carboxylic acids is 1. The second kappa shape index (κ2) is 5.29. The number of benzene rings is 1. The molecule has 94 valence electrons. The predicted octanol–water partition coefficient (Wildman–Crippen LogP) is 1.06. The third-order valence-electron chi connectivity index (χ3n) is 2.25. The molecule has 1 aromatic carbocycles. The Labute approximate surface area is 101 Å². The fraction of sp³-hybridized carbons (Fsp3) is 0.364. The molecule has 0 spiro atoms. The second-order valence-electron chi connectivity index (χ2n) is 3.90. The molecule has 0 saturated carbocycles. The Kier molecular flexibility index (Phi) is 4.25. The molecule has 1 aromatic rings. The van der Waals surface area contributed by atoms with E-state index in [9.17, 15) is 13.2 Å². The average molecular weight is 257 g/mol. The van der Waals surface area contributed by atoms with Gasteiger partial charge in [0.1, 0.15) is 0 Å². The highest BCUT2D eigenvalue weighted by Gasteiger charge is 2.18. The monoisotopic (exact) mass is 257 g/mol. The molecule has 0 fully saturated rings. The molecule has 0 aromatic heterocycles. The van der Waals surface area contributed by atoms with E-state index in [-0.39, 0.29) is 0 Å². The highest BCUT2D eigenvalue weighted by atomic mass is 32.2. The summed E-state index contributed by atoms with van der Waals surface area (Å²) in [7, 11) is -3.79. The molecule has 6 heteroatoms. The summed E-state index contributed by atoms with van der Waals surface area (Å²) in [4.78, 5) is 10.4. The van der Waals surface area contributed by atoms with E-state index in [0.717, 1.165) is 11.1 Å². The van der Waals surface area contributed by atoms with Gasteiger partial charge in [0.2, 0.25) is 10.0 Å². The van der Waals surface area contributed by atoms with Crippen LogP contribution in [0.1, 0.15) is 24.1 Å². The molecule has 1 atom stereocenters. The molecular weight excluding hydrogens is 242 g/mol. The van der Waals surface area contributed by atoms with Crippen molar-refractivity contribution in [2.75, 3.05) is 5.75 Å². The lowest BCUT2D eigenvalue weighted by molar-refractivity contribution is -0.134. The maximum Gasteiger partial charge on any atom is 0.320 e. The lowest BCUT2D eigenvalue weighted by Gasteiger charge is -2.13. The molecule has 0 heterocycles. The van der Waals surface area contributed by atoms with Crippen LogP contribution in [-0.2, 0) is 14.8 Å². The number of nitrogens with one attached hydrogen (secondary N) is 1. The Hall–Kier alpha value is -1.40. The normalized spacial score (nSPS) is 13.3. The Bertz CT molecular complexity index is 493. The van der Waals surface area contributed by atoms with Gasteiger partial charge < -0.3 is 5.11 Å². The van der Waals surface area contributed by atoms with Gasteiger partial charge in [0.15, 0.2) is 5.75 Å². The number of rotatable bonds is 5. The molecule has 0 unspecified atom stereocenters. The second-order valence-corrected chi connectivity index (χ2v) is 5.66. The van der Waals surface area contributed by atoms with Crippen molar-refractivity contribution in [3.63, 3.8) is 0 Å². The maximum absolute atomic E-state index is 11.4. The van der Waals surface area contributed by atoms with Crippen molar-refractivity contribution in [1.29, 1.82) is 0 Å². The first-order chi connectivity index (χ1) is 7.80. The smallest absolute Gasteiger partial charge is 0.320 e. The molecule has 0 bridgehead atoms. The van der Waals surface area contributed by atoms with Gasteiger partial charge in [-0.2, -0.15) is 0 Å². The van der Waals surface area contributed by atoms with Crippen LogP contribution in [0.4, 0.5) is 0 Å². The van der Waals surface area contributed by atoms with Gasteiger partial charge >= 0.3 is 5.97 Å². The van der Waals surface area contributed by atoms with E-state index in [1.54, 1.807) is 6.92 Å². The van der Waals surface area contributed by atoms with Crippen LogP contribution in [-0.4, -0.2) is 25.2 Å².